The molecule has 1 rings (SSSR count). The van der Waals surface area contributed by atoms with E-state index >= 15 is 0 Å². The summed E-state index contributed by atoms with van der Waals surface area (Å²) in [6.07, 6.45) is 2.58. The molecule has 1 N–H and O–H groups in total. The highest BCUT2D eigenvalue weighted by atomic mass is 32.2. The van der Waals surface area contributed by atoms with Gasteiger partial charge in [-0.2, -0.15) is 0 Å². The van der Waals surface area contributed by atoms with Crippen molar-refractivity contribution in [3.8, 4) is 0 Å². The van der Waals surface area contributed by atoms with Crippen LogP contribution in [-0.4, -0.2) is 16.2 Å². The molecule has 0 unspecified atom stereocenters. The summed E-state index contributed by atoms with van der Waals surface area (Å²) < 4.78 is 0. The molecule has 1 aliphatic heterocycles. The van der Waals surface area contributed by atoms with E-state index in [0.29, 0.717) is 10.4 Å². The van der Waals surface area contributed by atoms with Crippen molar-refractivity contribution in [3.63, 3.8) is 0 Å². The maximum atomic E-state index is 3.87. The first-order valence-corrected chi connectivity index (χ1v) is 7.16. The second kappa shape index (κ2) is 4.67. The molecule has 0 aromatic heterocycles. The van der Waals surface area contributed by atoms with E-state index in [9.17, 15) is 0 Å². The quantitative estimate of drug-likeness (QED) is 0.785. The van der Waals surface area contributed by atoms with E-state index in [1.54, 1.807) is 0 Å². The van der Waals surface area contributed by atoms with Crippen LogP contribution >= 0.6 is 11.8 Å². The molecule has 1 fully saturated rings. The van der Waals surface area contributed by atoms with Gasteiger partial charge in [0.1, 0.15) is 0 Å². The normalized spacial score (nSPS) is 24.0. The predicted molar refractivity (Wildman–Crippen MR) is 71.3 cm³/mol. The van der Waals surface area contributed by atoms with Crippen molar-refractivity contribution in [2.24, 2.45) is 11.8 Å². The van der Waals surface area contributed by atoms with E-state index in [1.165, 1.54) is 18.6 Å². The molecular weight excluding hydrogens is 202 g/mol. The van der Waals surface area contributed by atoms with E-state index in [0.717, 1.165) is 11.8 Å². The molecule has 0 atom stereocenters. The van der Waals surface area contributed by atoms with Gasteiger partial charge in [-0.25, -0.2) is 0 Å². The summed E-state index contributed by atoms with van der Waals surface area (Å²) in [6.45, 7) is 14.0. The molecule has 0 aliphatic carbocycles. The Morgan fingerprint density at radius 2 is 1.53 bits per heavy atom. The van der Waals surface area contributed by atoms with Gasteiger partial charge in [0.05, 0.1) is 4.87 Å². The zero-order chi connectivity index (χ0) is 11.7. The highest BCUT2D eigenvalue weighted by Crippen LogP contribution is 2.43. The van der Waals surface area contributed by atoms with Gasteiger partial charge >= 0.3 is 0 Å². The van der Waals surface area contributed by atoms with Gasteiger partial charge in [0.25, 0.3) is 0 Å². The van der Waals surface area contributed by atoms with Crippen molar-refractivity contribution in [3.05, 3.63) is 0 Å². The van der Waals surface area contributed by atoms with Crippen LogP contribution in [0.1, 0.15) is 54.4 Å². The Hall–Kier alpha value is 0.310. The third-order valence-corrected chi connectivity index (χ3v) is 4.61. The maximum absolute atomic E-state index is 3.87. The summed E-state index contributed by atoms with van der Waals surface area (Å²) in [5.74, 6) is 2.79. The zero-order valence-electron chi connectivity index (χ0n) is 11.2. The first-order chi connectivity index (χ1) is 6.75. The standard InChI is InChI=1S/C13H27NS/c1-10(2)7-13(8-11(3)4)14-12(5,6)9-15-13/h10-11,14H,7-9H2,1-6H3. The predicted octanol–water partition coefficient (Wildman–Crippen LogP) is 3.89. The molecule has 90 valence electrons. The van der Waals surface area contributed by atoms with Crippen molar-refractivity contribution >= 4 is 11.8 Å². The minimum absolute atomic E-state index is 0.314. The molecule has 0 spiro atoms. The largest absolute Gasteiger partial charge is 0.297 e. The van der Waals surface area contributed by atoms with E-state index in [2.05, 4.69) is 58.6 Å². The third-order valence-electron chi connectivity index (χ3n) is 2.75. The fourth-order valence-corrected chi connectivity index (χ4v) is 4.59. The Morgan fingerprint density at radius 1 is 1.07 bits per heavy atom. The first-order valence-electron chi connectivity index (χ1n) is 6.18. The van der Waals surface area contributed by atoms with Crippen LogP contribution in [0.4, 0.5) is 0 Å². The molecule has 0 saturated carbocycles. The van der Waals surface area contributed by atoms with E-state index < -0.39 is 0 Å². The van der Waals surface area contributed by atoms with Crippen LogP contribution in [0.3, 0.4) is 0 Å². The van der Waals surface area contributed by atoms with Gasteiger partial charge in [-0.3, -0.25) is 5.32 Å². The van der Waals surface area contributed by atoms with Gasteiger partial charge in [-0.15, -0.1) is 11.8 Å². The van der Waals surface area contributed by atoms with Crippen molar-refractivity contribution in [1.29, 1.82) is 0 Å². The van der Waals surface area contributed by atoms with Crippen LogP contribution in [0.2, 0.25) is 0 Å². The topological polar surface area (TPSA) is 12.0 Å². The minimum atomic E-state index is 0.314. The highest BCUT2D eigenvalue weighted by molar-refractivity contribution is 8.00. The van der Waals surface area contributed by atoms with Crippen LogP contribution in [0.5, 0.6) is 0 Å². The summed E-state index contributed by atoms with van der Waals surface area (Å²) >= 11 is 2.14. The minimum Gasteiger partial charge on any atom is -0.297 e. The first kappa shape index (κ1) is 13.4. The summed E-state index contributed by atoms with van der Waals surface area (Å²) in [5.41, 5.74) is 0.314. The number of hydrogen-bond acceptors (Lipinski definition) is 2. The molecule has 0 bridgehead atoms. The van der Waals surface area contributed by atoms with Gasteiger partial charge in [0.2, 0.25) is 0 Å². The fraction of sp³-hybridized carbons (Fsp3) is 1.00. The Balaban J connectivity index is 2.70. The van der Waals surface area contributed by atoms with Crippen molar-refractivity contribution in [2.45, 2.75) is 64.8 Å². The lowest BCUT2D eigenvalue weighted by atomic mass is 9.93. The third kappa shape index (κ3) is 3.99. The van der Waals surface area contributed by atoms with Crippen LogP contribution < -0.4 is 5.32 Å². The fourth-order valence-electron chi connectivity index (χ4n) is 2.63. The number of thioether (sulfide) groups is 1. The molecule has 1 aliphatic rings. The summed E-state index contributed by atoms with van der Waals surface area (Å²) in [5, 5.41) is 3.87. The van der Waals surface area contributed by atoms with E-state index in [1.807, 2.05) is 0 Å². The lowest BCUT2D eigenvalue weighted by Crippen LogP contribution is -2.48. The zero-order valence-corrected chi connectivity index (χ0v) is 12.0. The summed E-state index contributed by atoms with van der Waals surface area (Å²) in [4.78, 5) is 0.339. The molecule has 0 radical (unpaired) electrons. The van der Waals surface area contributed by atoms with Gasteiger partial charge < -0.3 is 0 Å². The van der Waals surface area contributed by atoms with Gasteiger partial charge in [-0.1, -0.05) is 27.7 Å². The maximum Gasteiger partial charge on any atom is 0.0655 e. The Kier molecular flexibility index (Phi) is 4.16. The molecular formula is C13H27NS. The van der Waals surface area contributed by atoms with Crippen molar-refractivity contribution in [2.75, 3.05) is 5.75 Å². The smallest absolute Gasteiger partial charge is 0.0655 e. The Morgan fingerprint density at radius 3 is 1.80 bits per heavy atom. The molecule has 0 aromatic rings. The van der Waals surface area contributed by atoms with Crippen LogP contribution in [0.25, 0.3) is 0 Å². The van der Waals surface area contributed by atoms with Gasteiger partial charge in [0.15, 0.2) is 0 Å². The number of rotatable bonds is 4. The summed E-state index contributed by atoms with van der Waals surface area (Å²) in [7, 11) is 0. The Bertz CT molecular complexity index is 199. The van der Waals surface area contributed by atoms with Gasteiger partial charge in [0, 0.05) is 11.3 Å². The summed E-state index contributed by atoms with van der Waals surface area (Å²) in [6, 6.07) is 0. The molecule has 15 heavy (non-hydrogen) atoms. The second-order valence-electron chi connectivity index (χ2n) is 6.49. The molecule has 2 heteroatoms. The molecule has 0 amide bonds. The highest BCUT2D eigenvalue weighted by Gasteiger charge is 2.43. The Labute approximate surface area is 99.8 Å². The second-order valence-corrected chi connectivity index (χ2v) is 7.85. The SMILES string of the molecule is CC(C)CC1(CC(C)C)NC(C)(C)CS1. The van der Waals surface area contributed by atoms with Crippen molar-refractivity contribution < 1.29 is 0 Å². The van der Waals surface area contributed by atoms with Gasteiger partial charge in [-0.05, 0) is 38.5 Å². The average molecular weight is 229 g/mol. The molecule has 1 heterocycles. The number of hydrogen-bond donors (Lipinski definition) is 1. The lowest BCUT2D eigenvalue weighted by Gasteiger charge is -2.34. The van der Waals surface area contributed by atoms with E-state index in [-0.39, 0.29) is 0 Å². The average Bonchev–Trinajstić information content (AvgIpc) is 2.22. The molecule has 0 aromatic carbocycles. The van der Waals surface area contributed by atoms with Crippen LogP contribution in [-0.2, 0) is 0 Å². The van der Waals surface area contributed by atoms with Crippen molar-refractivity contribution in [1.82, 2.24) is 5.32 Å². The monoisotopic (exact) mass is 229 g/mol. The molecule has 1 saturated heterocycles. The van der Waals surface area contributed by atoms with Crippen LogP contribution in [0, 0.1) is 11.8 Å². The van der Waals surface area contributed by atoms with Crippen LogP contribution in [0.15, 0.2) is 0 Å². The lowest BCUT2D eigenvalue weighted by molar-refractivity contribution is 0.283. The number of nitrogens with one attached hydrogen (secondary N) is 1. The molecule has 1 nitrogen and oxygen atoms in total. The van der Waals surface area contributed by atoms with E-state index in [4.69, 9.17) is 0 Å².